The molecule has 1 heterocycles. The van der Waals surface area contributed by atoms with Crippen LogP contribution in [-0.2, 0) is 4.79 Å². The van der Waals surface area contributed by atoms with E-state index >= 15 is 0 Å². The van der Waals surface area contributed by atoms with Gasteiger partial charge in [-0.3, -0.25) is 4.79 Å². The predicted octanol–water partition coefficient (Wildman–Crippen LogP) is 3.18. The number of hydrogen-bond donors (Lipinski definition) is 0. The number of hydrogen-bond acceptors (Lipinski definition) is 4. The average molecular weight is 400 g/mol. The van der Waals surface area contributed by atoms with E-state index in [2.05, 4.69) is 9.80 Å². The number of benzene rings is 2. The highest BCUT2D eigenvalue weighted by atomic mass is 19.1. The van der Waals surface area contributed by atoms with Gasteiger partial charge in [-0.15, -0.1) is 0 Å². The summed E-state index contributed by atoms with van der Waals surface area (Å²) in [5.41, 5.74) is 2.14. The molecule has 2 aromatic carbocycles. The number of nitrogens with zero attached hydrogens (tertiary/aromatic N) is 3. The average Bonchev–Trinajstić information content (AvgIpc) is 2.74. The van der Waals surface area contributed by atoms with Crippen molar-refractivity contribution in [1.82, 2.24) is 9.80 Å². The third-order valence-corrected chi connectivity index (χ3v) is 5.36. The standard InChI is InChI=1S/C23H30FN3O2/c1-19-5-3-4-6-22(19)29-18-17-25(2)12-11-23(28)27-15-13-26(14-16-27)21-9-7-20(24)8-10-21/h3-10H,11-18H2,1-2H3. The molecule has 0 atom stereocenters. The number of amides is 1. The highest BCUT2D eigenvalue weighted by Gasteiger charge is 2.21. The molecule has 29 heavy (non-hydrogen) atoms. The van der Waals surface area contributed by atoms with E-state index < -0.39 is 0 Å². The number of halogens is 1. The third-order valence-electron chi connectivity index (χ3n) is 5.36. The zero-order valence-electron chi connectivity index (χ0n) is 17.3. The fourth-order valence-electron chi connectivity index (χ4n) is 3.45. The Balaban J connectivity index is 1.34. The van der Waals surface area contributed by atoms with Crippen LogP contribution in [0.4, 0.5) is 10.1 Å². The summed E-state index contributed by atoms with van der Waals surface area (Å²) in [5.74, 6) is 0.877. The van der Waals surface area contributed by atoms with Crippen molar-refractivity contribution in [3.8, 4) is 5.75 Å². The topological polar surface area (TPSA) is 36.0 Å². The molecule has 0 aromatic heterocycles. The number of para-hydroxylation sites is 1. The molecule has 0 radical (unpaired) electrons. The van der Waals surface area contributed by atoms with Crippen molar-refractivity contribution < 1.29 is 13.9 Å². The first-order chi connectivity index (χ1) is 14.0. The largest absolute Gasteiger partial charge is 0.492 e. The van der Waals surface area contributed by atoms with E-state index in [9.17, 15) is 9.18 Å². The van der Waals surface area contributed by atoms with Crippen LogP contribution in [0.25, 0.3) is 0 Å². The Morgan fingerprint density at radius 1 is 1.03 bits per heavy atom. The van der Waals surface area contributed by atoms with Crippen LogP contribution in [0, 0.1) is 12.7 Å². The molecule has 1 aliphatic rings. The number of rotatable bonds is 8. The van der Waals surface area contributed by atoms with Gasteiger partial charge in [0, 0.05) is 51.4 Å². The molecule has 156 valence electrons. The number of carbonyl (C=O) groups excluding carboxylic acids is 1. The third kappa shape index (κ3) is 6.19. The Hall–Kier alpha value is -2.60. The maximum absolute atomic E-state index is 13.1. The number of piperazine rings is 1. The van der Waals surface area contributed by atoms with Crippen LogP contribution < -0.4 is 9.64 Å². The van der Waals surface area contributed by atoms with Gasteiger partial charge >= 0.3 is 0 Å². The summed E-state index contributed by atoms with van der Waals surface area (Å²) in [6.07, 6.45) is 0.511. The fourth-order valence-corrected chi connectivity index (χ4v) is 3.45. The molecule has 0 spiro atoms. The summed E-state index contributed by atoms with van der Waals surface area (Å²) >= 11 is 0. The summed E-state index contributed by atoms with van der Waals surface area (Å²) in [7, 11) is 2.01. The van der Waals surface area contributed by atoms with Crippen LogP contribution in [0.2, 0.25) is 0 Å². The van der Waals surface area contributed by atoms with Gasteiger partial charge in [-0.1, -0.05) is 18.2 Å². The molecule has 0 aliphatic carbocycles. The Bertz CT molecular complexity index is 789. The Morgan fingerprint density at radius 3 is 2.41 bits per heavy atom. The number of likely N-dealkylation sites (N-methyl/N-ethyl adjacent to an activating group) is 1. The van der Waals surface area contributed by atoms with Gasteiger partial charge < -0.3 is 19.4 Å². The molecule has 5 nitrogen and oxygen atoms in total. The van der Waals surface area contributed by atoms with E-state index in [0.717, 1.165) is 36.6 Å². The molecule has 1 saturated heterocycles. The normalized spacial score (nSPS) is 14.3. The first-order valence-electron chi connectivity index (χ1n) is 10.2. The first-order valence-corrected chi connectivity index (χ1v) is 10.2. The minimum Gasteiger partial charge on any atom is -0.492 e. The Kier molecular flexibility index (Phi) is 7.47. The molecule has 6 heteroatoms. The lowest BCUT2D eigenvalue weighted by Crippen LogP contribution is -2.49. The number of anilines is 1. The molecule has 1 fully saturated rings. The van der Waals surface area contributed by atoms with Gasteiger partial charge in [-0.2, -0.15) is 0 Å². The van der Waals surface area contributed by atoms with Crippen molar-refractivity contribution in [2.75, 3.05) is 57.8 Å². The summed E-state index contributed by atoms with van der Waals surface area (Å²) in [5, 5.41) is 0. The van der Waals surface area contributed by atoms with E-state index in [4.69, 9.17) is 4.74 Å². The van der Waals surface area contributed by atoms with Gasteiger partial charge in [0.2, 0.25) is 5.91 Å². The Morgan fingerprint density at radius 2 is 1.72 bits per heavy atom. The quantitative estimate of drug-likeness (QED) is 0.683. The van der Waals surface area contributed by atoms with E-state index in [1.807, 2.05) is 43.1 Å². The lowest BCUT2D eigenvalue weighted by Gasteiger charge is -2.36. The SMILES string of the molecule is Cc1ccccc1OCCN(C)CCC(=O)N1CCN(c2ccc(F)cc2)CC1. The second kappa shape index (κ2) is 10.3. The molecule has 0 unspecified atom stereocenters. The molecule has 1 aliphatic heterocycles. The molecule has 0 N–H and O–H groups in total. The number of aryl methyl sites for hydroxylation is 1. The summed E-state index contributed by atoms with van der Waals surface area (Å²) in [4.78, 5) is 18.8. The predicted molar refractivity (Wildman–Crippen MR) is 114 cm³/mol. The minimum atomic E-state index is -0.226. The highest BCUT2D eigenvalue weighted by molar-refractivity contribution is 5.76. The molecular weight excluding hydrogens is 369 g/mol. The number of ether oxygens (including phenoxy) is 1. The van der Waals surface area contributed by atoms with Crippen molar-refractivity contribution in [1.29, 1.82) is 0 Å². The van der Waals surface area contributed by atoms with Gasteiger partial charge in [0.05, 0.1) is 0 Å². The van der Waals surface area contributed by atoms with Crippen LogP contribution in [-0.4, -0.2) is 68.6 Å². The molecule has 3 rings (SSSR count). The maximum Gasteiger partial charge on any atom is 0.223 e. The van der Waals surface area contributed by atoms with Crippen LogP contribution in [0.3, 0.4) is 0 Å². The van der Waals surface area contributed by atoms with Crippen LogP contribution in [0.1, 0.15) is 12.0 Å². The second-order valence-electron chi connectivity index (χ2n) is 7.51. The maximum atomic E-state index is 13.1. The zero-order valence-corrected chi connectivity index (χ0v) is 17.3. The van der Waals surface area contributed by atoms with E-state index in [0.29, 0.717) is 32.7 Å². The van der Waals surface area contributed by atoms with Crippen molar-refractivity contribution in [3.05, 3.63) is 59.9 Å². The molecule has 1 amide bonds. The summed E-state index contributed by atoms with van der Waals surface area (Å²) in [6.45, 7) is 7.09. The minimum absolute atomic E-state index is 0.190. The summed E-state index contributed by atoms with van der Waals surface area (Å²) < 4.78 is 18.9. The van der Waals surface area contributed by atoms with Crippen molar-refractivity contribution in [2.24, 2.45) is 0 Å². The summed E-state index contributed by atoms with van der Waals surface area (Å²) in [6, 6.07) is 14.5. The molecule has 2 aromatic rings. The second-order valence-corrected chi connectivity index (χ2v) is 7.51. The van der Waals surface area contributed by atoms with E-state index in [1.54, 1.807) is 12.1 Å². The fraction of sp³-hybridized carbons (Fsp3) is 0.435. The van der Waals surface area contributed by atoms with Gasteiger partial charge in [-0.25, -0.2) is 4.39 Å². The van der Waals surface area contributed by atoms with E-state index in [1.165, 1.54) is 12.1 Å². The lowest BCUT2D eigenvalue weighted by molar-refractivity contribution is -0.131. The van der Waals surface area contributed by atoms with Crippen LogP contribution in [0.5, 0.6) is 5.75 Å². The van der Waals surface area contributed by atoms with Crippen LogP contribution in [0.15, 0.2) is 48.5 Å². The van der Waals surface area contributed by atoms with Gasteiger partial charge in [0.1, 0.15) is 18.2 Å². The van der Waals surface area contributed by atoms with Crippen molar-refractivity contribution in [2.45, 2.75) is 13.3 Å². The smallest absolute Gasteiger partial charge is 0.223 e. The van der Waals surface area contributed by atoms with Gasteiger partial charge in [0.15, 0.2) is 0 Å². The molecular formula is C23H30FN3O2. The first kappa shape index (κ1) is 21.1. The van der Waals surface area contributed by atoms with Gasteiger partial charge in [-0.05, 0) is 49.9 Å². The lowest BCUT2D eigenvalue weighted by atomic mass is 10.2. The van der Waals surface area contributed by atoms with Gasteiger partial charge in [0.25, 0.3) is 0 Å². The molecule has 0 saturated carbocycles. The monoisotopic (exact) mass is 399 g/mol. The zero-order chi connectivity index (χ0) is 20.6. The van der Waals surface area contributed by atoms with E-state index in [-0.39, 0.29) is 11.7 Å². The molecule has 0 bridgehead atoms. The van der Waals surface area contributed by atoms with Crippen molar-refractivity contribution >= 4 is 11.6 Å². The Labute approximate surface area is 172 Å². The van der Waals surface area contributed by atoms with Crippen molar-refractivity contribution in [3.63, 3.8) is 0 Å². The van der Waals surface area contributed by atoms with Crippen LogP contribution >= 0.6 is 0 Å². The highest BCUT2D eigenvalue weighted by Crippen LogP contribution is 2.18. The number of carbonyl (C=O) groups is 1.